The van der Waals surface area contributed by atoms with Gasteiger partial charge >= 0.3 is 0 Å². The molecule has 3 nitrogen and oxygen atoms in total. The molecule has 0 spiro atoms. The molecular formula is C23H19N3S. The van der Waals surface area contributed by atoms with E-state index in [1.807, 2.05) is 59.5 Å². The van der Waals surface area contributed by atoms with E-state index in [4.69, 9.17) is 5.10 Å². The standard InChI is InChI=1S/C23H19N3S/c1-15-16(2)23(27-3)19(14-24)22-20(15)21(17-10-6-4-7-11-17)25-26(22)18-12-8-5-9-13-18/h4-13H,1-3H3. The quantitative estimate of drug-likeness (QED) is 0.422. The minimum Gasteiger partial charge on any atom is -0.231 e. The topological polar surface area (TPSA) is 41.6 Å². The van der Waals surface area contributed by atoms with Gasteiger partial charge in [0.05, 0.1) is 16.8 Å². The van der Waals surface area contributed by atoms with E-state index in [-0.39, 0.29) is 0 Å². The number of thioether (sulfide) groups is 1. The number of nitrogens with zero attached hydrogens (tertiary/aromatic N) is 3. The molecule has 4 rings (SSSR count). The fourth-order valence-electron chi connectivity index (χ4n) is 3.57. The Morgan fingerprint density at radius 1 is 0.926 bits per heavy atom. The van der Waals surface area contributed by atoms with Gasteiger partial charge in [-0.3, -0.25) is 0 Å². The largest absolute Gasteiger partial charge is 0.231 e. The van der Waals surface area contributed by atoms with E-state index in [0.29, 0.717) is 5.56 Å². The molecule has 4 heteroatoms. The van der Waals surface area contributed by atoms with Crippen LogP contribution in [0.1, 0.15) is 16.7 Å². The molecule has 132 valence electrons. The molecule has 0 bridgehead atoms. The first-order valence-electron chi connectivity index (χ1n) is 8.78. The van der Waals surface area contributed by atoms with Crippen LogP contribution < -0.4 is 0 Å². The third kappa shape index (κ3) is 2.72. The lowest BCUT2D eigenvalue weighted by atomic mass is 9.97. The summed E-state index contributed by atoms with van der Waals surface area (Å²) in [5.74, 6) is 0. The minimum absolute atomic E-state index is 0.694. The Balaban J connectivity index is 2.22. The highest BCUT2D eigenvalue weighted by atomic mass is 32.2. The molecule has 0 radical (unpaired) electrons. The molecule has 0 aliphatic rings. The zero-order chi connectivity index (χ0) is 19.0. The Morgan fingerprint density at radius 3 is 2.15 bits per heavy atom. The van der Waals surface area contributed by atoms with Gasteiger partial charge in [0, 0.05) is 15.8 Å². The minimum atomic E-state index is 0.694. The van der Waals surface area contributed by atoms with Crippen LogP contribution >= 0.6 is 11.8 Å². The van der Waals surface area contributed by atoms with Gasteiger partial charge < -0.3 is 0 Å². The Hall–Kier alpha value is -3.03. The zero-order valence-corrected chi connectivity index (χ0v) is 16.3. The van der Waals surface area contributed by atoms with Gasteiger partial charge in [-0.1, -0.05) is 48.5 Å². The van der Waals surface area contributed by atoms with Crippen molar-refractivity contribution in [1.29, 1.82) is 5.26 Å². The van der Waals surface area contributed by atoms with Crippen molar-refractivity contribution in [3.8, 4) is 23.0 Å². The number of hydrogen-bond donors (Lipinski definition) is 0. The summed E-state index contributed by atoms with van der Waals surface area (Å²) in [5, 5.41) is 16.0. The van der Waals surface area contributed by atoms with Crippen molar-refractivity contribution >= 4 is 22.7 Å². The fraction of sp³-hybridized carbons (Fsp3) is 0.130. The SMILES string of the molecule is CSc1c(C)c(C)c2c(-c3ccccc3)nn(-c3ccccc3)c2c1C#N. The number of fused-ring (bicyclic) bond motifs is 1. The van der Waals surface area contributed by atoms with Crippen molar-refractivity contribution < 1.29 is 0 Å². The van der Waals surface area contributed by atoms with Gasteiger partial charge in [0.2, 0.25) is 0 Å². The fourth-order valence-corrected chi connectivity index (χ4v) is 4.38. The predicted octanol–water partition coefficient (Wildman–Crippen LogP) is 5.90. The lowest BCUT2D eigenvalue weighted by molar-refractivity contribution is 0.912. The molecule has 0 saturated carbocycles. The highest BCUT2D eigenvalue weighted by Gasteiger charge is 2.23. The second kappa shape index (κ2) is 6.94. The van der Waals surface area contributed by atoms with Crippen LogP contribution in [0, 0.1) is 25.2 Å². The number of hydrogen-bond acceptors (Lipinski definition) is 3. The smallest absolute Gasteiger partial charge is 0.103 e. The summed E-state index contributed by atoms with van der Waals surface area (Å²) in [6.45, 7) is 4.22. The average Bonchev–Trinajstić information content (AvgIpc) is 3.12. The Labute approximate surface area is 163 Å². The number of nitriles is 1. The van der Waals surface area contributed by atoms with Gasteiger partial charge in [0.1, 0.15) is 11.8 Å². The summed E-state index contributed by atoms with van der Waals surface area (Å²) >= 11 is 1.62. The molecule has 0 aliphatic heterocycles. The van der Waals surface area contributed by atoms with E-state index in [1.54, 1.807) is 11.8 Å². The van der Waals surface area contributed by atoms with Crippen LogP contribution in [0.25, 0.3) is 27.8 Å². The van der Waals surface area contributed by atoms with E-state index in [0.717, 1.165) is 38.3 Å². The summed E-state index contributed by atoms with van der Waals surface area (Å²) in [4.78, 5) is 1.03. The molecule has 0 unspecified atom stereocenters. The monoisotopic (exact) mass is 369 g/mol. The molecule has 1 heterocycles. The normalized spacial score (nSPS) is 10.9. The number of aromatic nitrogens is 2. The molecule has 27 heavy (non-hydrogen) atoms. The number of rotatable bonds is 3. The predicted molar refractivity (Wildman–Crippen MR) is 112 cm³/mol. The van der Waals surface area contributed by atoms with Gasteiger partial charge in [-0.15, -0.1) is 11.8 Å². The van der Waals surface area contributed by atoms with Crippen LogP contribution in [0.5, 0.6) is 0 Å². The van der Waals surface area contributed by atoms with E-state index < -0.39 is 0 Å². The van der Waals surface area contributed by atoms with Gasteiger partial charge in [-0.05, 0) is 43.4 Å². The van der Waals surface area contributed by atoms with E-state index in [9.17, 15) is 5.26 Å². The first kappa shape index (κ1) is 17.4. The third-order valence-electron chi connectivity index (χ3n) is 4.99. The maximum Gasteiger partial charge on any atom is 0.103 e. The number of para-hydroxylation sites is 1. The summed E-state index contributed by atoms with van der Waals surface area (Å²) in [5.41, 5.74) is 6.83. The van der Waals surface area contributed by atoms with Crippen LogP contribution in [-0.4, -0.2) is 16.0 Å². The molecule has 1 aromatic heterocycles. The van der Waals surface area contributed by atoms with Crippen LogP contribution in [0.4, 0.5) is 0 Å². The van der Waals surface area contributed by atoms with Crippen LogP contribution in [0.15, 0.2) is 65.6 Å². The maximum atomic E-state index is 10.0. The van der Waals surface area contributed by atoms with Crippen molar-refractivity contribution in [2.75, 3.05) is 6.26 Å². The van der Waals surface area contributed by atoms with Crippen molar-refractivity contribution in [2.45, 2.75) is 18.7 Å². The summed E-state index contributed by atoms with van der Waals surface area (Å²) < 4.78 is 1.92. The number of benzene rings is 3. The molecular weight excluding hydrogens is 350 g/mol. The van der Waals surface area contributed by atoms with Crippen LogP contribution in [-0.2, 0) is 0 Å². The van der Waals surface area contributed by atoms with Crippen molar-refractivity contribution in [3.05, 3.63) is 77.4 Å². The molecule has 0 saturated heterocycles. The van der Waals surface area contributed by atoms with Crippen molar-refractivity contribution in [1.82, 2.24) is 9.78 Å². The third-order valence-corrected chi connectivity index (χ3v) is 5.91. The molecule has 0 atom stereocenters. The van der Waals surface area contributed by atoms with Crippen LogP contribution in [0.3, 0.4) is 0 Å². The molecule has 0 fully saturated rings. The Morgan fingerprint density at radius 2 is 1.56 bits per heavy atom. The highest BCUT2D eigenvalue weighted by Crippen LogP contribution is 2.40. The van der Waals surface area contributed by atoms with E-state index in [1.165, 1.54) is 5.56 Å². The van der Waals surface area contributed by atoms with Gasteiger partial charge in [-0.25, -0.2) is 4.68 Å². The first-order chi connectivity index (χ1) is 13.2. The second-order valence-corrected chi connectivity index (χ2v) is 7.27. The number of aryl methyl sites for hydroxylation is 1. The molecule has 3 aromatic carbocycles. The molecule has 0 amide bonds. The molecule has 0 aliphatic carbocycles. The second-order valence-electron chi connectivity index (χ2n) is 6.46. The van der Waals surface area contributed by atoms with E-state index >= 15 is 0 Å². The average molecular weight is 369 g/mol. The Bertz CT molecular complexity index is 1170. The Kier molecular flexibility index (Phi) is 4.47. The summed E-state index contributed by atoms with van der Waals surface area (Å²) in [6, 6.07) is 22.7. The van der Waals surface area contributed by atoms with Gasteiger partial charge in [0.15, 0.2) is 0 Å². The molecule has 4 aromatic rings. The maximum absolute atomic E-state index is 10.0. The lowest BCUT2D eigenvalue weighted by Crippen LogP contribution is -2.00. The lowest BCUT2D eigenvalue weighted by Gasteiger charge is -2.13. The first-order valence-corrected chi connectivity index (χ1v) is 10.0. The van der Waals surface area contributed by atoms with Crippen molar-refractivity contribution in [3.63, 3.8) is 0 Å². The van der Waals surface area contributed by atoms with Crippen LogP contribution in [0.2, 0.25) is 0 Å². The van der Waals surface area contributed by atoms with Gasteiger partial charge in [-0.2, -0.15) is 10.4 Å². The van der Waals surface area contributed by atoms with E-state index in [2.05, 4.69) is 32.0 Å². The van der Waals surface area contributed by atoms with Gasteiger partial charge in [0.25, 0.3) is 0 Å². The highest BCUT2D eigenvalue weighted by molar-refractivity contribution is 7.98. The summed E-state index contributed by atoms with van der Waals surface area (Å²) in [6.07, 6.45) is 2.02. The summed E-state index contributed by atoms with van der Waals surface area (Å²) in [7, 11) is 0. The molecule has 0 N–H and O–H groups in total. The zero-order valence-electron chi connectivity index (χ0n) is 15.5. The van der Waals surface area contributed by atoms with Crippen molar-refractivity contribution in [2.24, 2.45) is 0 Å².